The summed E-state index contributed by atoms with van der Waals surface area (Å²) in [6, 6.07) is 4.58. The Labute approximate surface area is 106 Å². The van der Waals surface area contributed by atoms with E-state index in [1.54, 1.807) is 12.1 Å². The lowest BCUT2D eigenvalue weighted by Crippen LogP contribution is -2.17. The van der Waals surface area contributed by atoms with Gasteiger partial charge in [-0.3, -0.25) is 0 Å². The second-order valence-corrected chi connectivity index (χ2v) is 4.42. The number of halogens is 1. The number of benzene rings is 1. The molecule has 17 heavy (non-hydrogen) atoms. The van der Waals surface area contributed by atoms with E-state index < -0.39 is 5.82 Å². The summed E-state index contributed by atoms with van der Waals surface area (Å²) in [5, 5.41) is 0. The zero-order chi connectivity index (χ0) is 12.8. The van der Waals surface area contributed by atoms with E-state index in [0.717, 1.165) is 13.0 Å². The average molecular weight is 256 g/mol. The fourth-order valence-electron chi connectivity index (χ4n) is 1.43. The van der Waals surface area contributed by atoms with E-state index in [9.17, 15) is 4.39 Å². The van der Waals surface area contributed by atoms with Crippen LogP contribution in [0.3, 0.4) is 0 Å². The second kappa shape index (κ2) is 6.51. The normalized spacial score (nSPS) is 10.6. The van der Waals surface area contributed by atoms with Crippen molar-refractivity contribution < 1.29 is 9.13 Å². The van der Waals surface area contributed by atoms with Crippen molar-refractivity contribution in [2.75, 3.05) is 27.2 Å². The summed E-state index contributed by atoms with van der Waals surface area (Å²) >= 11 is 4.81. The van der Waals surface area contributed by atoms with Crippen LogP contribution < -0.4 is 10.5 Å². The lowest BCUT2D eigenvalue weighted by Gasteiger charge is -2.13. The van der Waals surface area contributed by atoms with Gasteiger partial charge in [-0.2, -0.15) is 0 Å². The van der Waals surface area contributed by atoms with Crippen LogP contribution in [0.5, 0.6) is 5.75 Å². The molecule has 0 atom stereocenters. The van der Waals surface area contributed by atoms with Crippen molar-refractivity contribution in [2.24, 2.45) is 5.73 Å². The summed E-state index contributed by atoms with van der Waals surface area (Å²) in [5.74, 6) is -0.0288. The predicted molar refractivity (Wildman–Crippen MR) is 71.0 cm³/mol. The van der Waals surface area contributed by atoms with Crippen LogP contribution >= 0.6 is 12.2 Å². The van der Waals surface area contributed by atoms with Gasteiger partial charge in [0, 0.05) is 6.54 Å². The van der Waals surface area contributed by atoms with Gasteiger partial charge in [0.05, 0.1) is 12.2 Å². The molecule has 5 heteroatoms. The maximum absolute atomic E-state index is 13.5. The van der Waals surface area contributed by atoms with Crippen LogP contribution in [-0.2, 0) is 0 Å². The van der Waals surface area contributed by atoms with E-state index in [-0.39, 0.29) is 10.6 Å². The van der Waals surface area contributed by atoms with Gasteiger partial charge in [0.1, 0.15) is 16.6 Å². The van der Waals surface area contributed by atoms with Crippen LogP contribution in [0.15, 0.2) is 18.2 Å². The van der Waals surface area contributed by atoms with E-state index in [1.165, 1.54) is 6.07 Å². The Hall–Kier alpha value is -1.20. The lowest BCUT2D eigenvalue weighted by molar-refractivity contribution is 0.280. The Kier molecular flexibility index (Phi) is 5.31. The molecule has 2 N–H and O–H groups in total. The third-order valence-electron chi connectivity index (χ3n) is 2.23. The molecule has 0 unspecified atom stereocenters. The first kappa shape index (κ1) is 13.9. The first-order valence-corrected chi connectivity index (χ1v) is 5.79. The minimum atomic E-state index is -0.442. The molecule has 1 aromatic rings. The minimum Gasteiger partial charge on any atom is -0.493 e. The van der Waals surface area contributed by atoms with Crippen molar-refractivity contribution >= 4 is 17.2 Å². The molecular weight excluding hydrogens is 239 g/mol. The third kappa shape index (κ3) is 4.28. The van der Waals surface area contributed by atoms with Crippen LogP contribution in [0.4, 0.5) is 4.39 Å². The van der Waals surface area contributed by atoms with E-state index in [4.69, 9.17) is 22.7 Å². The van der Waals surface area contributed by atoms with Gasteiger partial charge in [0.2, 0.25) is 0 Å². The standard InChI is InChI=1S/C12H17FN2OS/c1-15(2)7-4-8-16-10-6-3-5-9(13)11(10)12(14)17/h3,5-6H,4,7-8H2,1-2H3,(H2,14,17). The first-order chi connectivity index (χ1) is 8.02. The van der Waals surface area contributed by atoms with Crippen LogP contribution in [0.2, 0.25) is 0 Å². The molecule has 0 aromatic heterocycles. The molecule has 0 radical (unpaired) electrons. The molecule has 0 amide bonds. The fourth-order valence-corrected chi connectivity index (χ4v) is 1.62. The smallest absolute Gasteiger partial charge is 0.137 e. The van der Waals surface area contributed by atoms with Gasteiger partial charge in [-0.15, -0.1) is 0 Å². The highest BCUT2D eigenvalue weighted by atomic mass is 32.1. The zero-order valence-electron chi connectivity index (χ0n) is 10.1. The summed E-state index contributed by atoms with van der Waals surface area (Å²) in [6.07, 6.45) is 0.861. The summed E-state index contributed by atoms with van der Waals surface area (Å²) in [5.41, 5.74) is 5.66. The largest absolute Gasteiger partial charge is 0.493 e. The molecule has 0 aliphatic rings. The highest BCUT2D eigenvalue weighted by Crippen LogP contribution is 2.21. The lowest BCUT2D eigenvalue weighted by atomic mass is 10.2. The molecule has 0 bridgehead atoms. The van der Waals surface area contributed by atoms with E-state index in [2.05, 4.69) is 4.90 Å². The van der Waals surface area contributed by atoms with Gasteiger partial charge < -0.3 is 15.4 Å². The maximum Gasteiger partial charge on any atom is 0.137 e. The van der Waals surface area contributed by atoms with Crippen molar-refractivity contribution in [2.45, 2.75) is 6.42 Å². The monoisotopic (exact) mass is 256 g/mol. The molecule has 1 aromatic carbocycles. The molecule has 1 rings (SSSR count). The van der Waals surface area contributed by atoms with Gasteiger partial charge in [-0.05, 0) is 32.6 Å². The molecule has 0 saturated heterocycles. The summed E-state index contributed by atoms with van der Waals surface area (Å²) < 4.78 is 19.0. The second-order valence-electron chi connectivity index (χ2n) is 3.98. The number of nitrogens with zero attached hydrogens (tertiary/aromatic N) is 1. The molecule has 0 spiro atoms. The Morgan fingerprint density at radius 3 is 2.76 bits per heavy atom. The summed E-state index contributed by atoms with van der Waals surface area (Å²) in [7, 11) is 3.98. The van der Waals surface area contributed by atoms with Gasteiger partial charge in [-0.1, -0.05) is 18.3 Å². The highest BCUT2D eigenvalue weighted by Gasteiger charge is 2.11. The molecular formula is C12H17FN2OS. The van der Waals surface area contributed by atoms with Gasteiger partial charge >= 0.3 is 0 Å². The number of thiocarbonyl (C=S) groups is 1. The van der Waals surface area contributed by atoms with Gasteiger partial charge in [0.25, 0.3) is 0 Å². The van der Waals surface area contributed by atoms with Crippen LogP contribution in [0.1, 0.15) is 12.0 Å². The first-order valence-electron chi connectivity index (χ1n) is 5.38. The fraction of sp³-hybridized carbons (Fsp3) is 0.417. The minimum absolute atomic E-state index is 0.0192. The van der Waals surface area contributed by atoms with Crippen LogP contribution in [0, 0.1) is 5.82 Å². The van der Waals surface area contributed by atoms with E-state index in [1.807, 2.05) is 14.1 Å². The van der Waals surface area contributed by atoms with Gasteiger partial charge in [-0.25, -0.2) is 4.39 Å². The van der Waals surface area contributed by atoms with Crippen molar-refractivity contribution in [3.05, 3.63) is 29.6 Å². The quantitative estimate of drug-likeness (QED) is 0.622. The Balaban J connectivity index is 2.64. The zero-order valence-corrected chi connectivity index (χ0v) is 10.9. The SMILES string of the molecule is CN(C)CCCOc1cccc(F)c1C(N)=S. The Bertz CT molecular complexity index is 396. The summed E-state index contributed by atoms with van der Waals surface area (Å²) in [6.45, 7) is 1.43. The summed E-state index contributed by atoms with van der Waals surface area (Å²) in [4.78, 5) is 2.08. The maximum atomic E-state index is 13.5. The van der Waals surface area contributed by atoms with Crippen molar-refractivity contribution in [1.82, 2.24) is 4.90 Å². The average Bonchev–Trinajstić information content (AvgIpc) is 2.23. The number of rotatable bonds is 6. The Morgan fingerprint density at radius 2 is 2.18 bits per heavy atom. The topological polar surface area (TPSA) is 38.5 Å². The number of hydrogen-bond donors (Lipinski definition) is 1. The molecule has 0 heterocycles. The Morgan fingerprint density at radius 1 is 1.47 bits per heavy atom. The molecule has 3 nitrogen and oxygen atoms in total. The van der Waals surface area contributed by atoms with Crippen molar-refractivity contribution in [1.29, 1.82) is 0 Å². The molecule has 94 valence electrons. The van der Waals surface area contributed by atoms with Crippen LogP contribution in [0.25, 0.3) is 0 Å². The number of nitrogens with two attached hydrogens (primary N) is 1. The van der Waals surface area contributed by atoms with Gasteiger partial charge in [0.15, 0.2) is 0 Å². The van der Waals surface area contributed by atoms with E-state index >= 15 is 0 Å². The van der Waals surface area contributed by atoms with E-state index in [0.29, 0.717) is 12.4 Å². The van der Waals surface area contributed by atoms with Crippen LogP contribution in [-0.4, -0.2) is 37.1 Å². The number of ether oxygens (including phenoxy) is 1. The molecule has 0 saturated carbocycles. The third-order valence-corrected chi connectivity index (χ3v) is 2.43. The molecule has 0 aliphatic carbocycles. The van der Waals surface area contributed by atoms with Crippen molar-refractivity contribution in [3.8, 4) is 5.75 Å². The number of hydrogen-bond acceptors (Lipinski definition) is 3. The molecule has 0 fully saturated rings. The predicted octanol–water partition coefficient (Wildman–Crippen LogP) is 1.79. The molecule has 0 aliphatic heterocycles. The van der Waals surface area contributed by atoms with Crippen molar-refractivity contribution in [3.63, 3.8) is 0 Å². The highest BCUT2D eigenvalue weighted by molar-refractivity contribution is 7.80.